The van der Waals surface area contributed by atoms with E-state index in [1.54, 1.807) is 0 Å². The number of nitrogens with two attached hydrogens (primary N) is 1. The van der Waals surface area contributed by atoms with Gasteiger partial charge in [0.2, 0.25) is 0 Å². The van der Waals surface area contributed by atoms with Gasteiger partial charge in [0.25, 0.3) is 0 Å². The number of nitriles is 1. The summed E-state index contributed by atoms with van der Waals surface area (Å²) >= 11 is 0. The van der Waals surface area contributed by atoms with Crippen molar-refractivity contribution < 1.29 is 4.74 Å². The van der Waals surface area contributed by atoms with Crippen molar-refractivity contribution in [3.63, 3.8) is 0 Å². The van der Waals surface area contributed by atoms with Crippen LogP contribution in [-0.2, 0) is 0 Å². The molecule has 19 heavy (non-hydrogen) atoms. The van der Waals surface area contributed by atoms with Gasteiger partial charge in [0.15, 0.2) is 0 Å². The molecule has 1 rings (SSSR count). The van der Waals surface area contributed by atoms with E-state index < -0.39 is 0 Å². The molecule has 0 fully saturated rings. The van der Waals surface area contributed by atoms with E-state index >= 15 is 0 Å². The third kappa shape index (κ3) is 5.76. The van der Waals surface area contributed by atoms with E-state index in [0.29, 0.717) is 6.61 Å². The molecule has 1 atom stereocenters. The van der Waals surface area contributed by atoms with E-state index in [-0.39, 0.29) is 11.5 Å². The summed E-state index contributed by atoms with van der Waals surface area (Å²) in [6.07, 6.45) is 2.88. The van der Waals surface area contributed by atoms with Crippen molar-refractivity contribution in [2.45, 2.75) is 46.1 Å². The van der Waals surface area contributed by atoms with Crippen molar-refractivity contribution in [3.8, 4) is 11.8 Å². The Balaban J connectivity index is 2.30. The fourth-order valence-electron chi connectivity index (χ4n) is 1.80. The quantitative estimate of drug-likeness (QED) is 0.758. The number of rotatable bonds is 7. The van der Waals surface area contributed by atoms with Gasteiger partial charge in [0.05, 0.1) is 18.1 Å². The molecule has 0 spiro atoms. The van der Waals surface area contributed by atoms with Crippen molar-refractivity contribution in [1.29, 1.82) is 5.26 Å². The molecule has 1 aromatic carbocycles. The molecule has 0 aliphatic rings. The van der Waals surface area contributed by atoms with Gasteiger partial charge in [-0.05, 0) is 57.7 Å². The number of benzene rings is 1. The Morgan fingerprint density at radius 3 is 2.74 bits per heavy atom. The van der Waals surface area contributed by atoms with E-state index in [1.165, 1.54) is 0 Å². The minimum absolute atomic E-state index is 0.0278. The fourth-order valence-corrected chi connectivity index (χ4v) is 1.80. The lowest BCUT2D eigenvalue weighted by molar-refractivity contribution is 0.294. The topological polar surface area (TPSA) is 59.0 Å². The van der Waals surface area contributed by atoms with Gasteiger partial charge >= 0.3 is 0 Å². The Hall–Kier alpha value is -1.53. The summed E-state index contributed by atoms with van der Waals surface area (Å²) in [5.74, 6) is 0.870. The van der Waals surface area contributed by atoms with E-state index in [1.807, 2.05) is 45.0 Å². The van der Waals surface area contributed by atoms with Gasteiger partial charge in [-0.3, -0.25) is 0 Å². The van der Waals surface area contributed by atoms with Crippen LogP contribution < -0.4 is 10.5 Å². The standard InChI is InChI=1S/C16H24N2O/c1-13(18)14-7-6-8-15(11-14)19-10-5-4-9-16(2,3)12-17/h6-8,11,13H,4-5,9-10,18H2,1-3H3/t13-/m1/s1. The van der Waals surface area contributed by atoms with Crippen LogP contribution in [-0.4, -0.2) is 6.61 Å². The fraction of sp³-hybridized carbons (Fsp3) is 0.562. The lowest BCUT2D eigenvalue weighted by atomic mass is 9.89. The molecule has 0 radical (unpaired) electrons. The van der Waals surface area contributed by atoms with Gasteiger partial charge in [-0.25, -0.2) is 0 Å². The van der Waals surface area contributed by atoms with Gasteiger partial charge in [-0.1, -0.05) is 12.1 Å². The molecule has 0 unspecified atom stereocenters. The summed E-state index contributed by atoms with van der Waals surface area (Å²) in [5.41, 5.74) is 6.69. The summed E-state index contributed by atoms with van der Waals surface area (Å²) in [4.78, 5) is 0. The summed E-state index contributed by atoms with van der Waals surface area (Å²) in [7, 11) is 0. The third-order valence-electron chi connectivity index (χ3n) is 3.15. The van der Waals surface area contributed by atoms with Crippen LogP contribution in [0.5, 0.6) is 5.75 Å². The average molecular weight is 260 g/mol. The lowest BCUT2D eigenvalue weighted by Gasteiger charge is -2.14. The first-order valence-corrected chi connectivity index (χ1v) is 6.84. The SMILES string of the molecule is C[C@@H](N)c1cccc(OCCCCC(C)(C)C#N)c1. The van der Waals surface area contributed by atoms with Crippen LogP contribution in [0.3, 0.4) is 0 Å². The first-order chi connectivity index (χ1) is 8.94. The first-order valence-electron chi connectivity index (χ1n) is 6.84. The molecule has 3 nitrogen and oxygen atoms in total. The van der Waals surface area contributed by atoms with Crippen molar-refractivity contribution in [1.82, 2.24) is 0 Å². The van der Waals surface area contributed by atoms with Crippen LogP contribution in [0.4, 0.5) is 0 Å². The second kappa shape index (κ2) is 7.16. The second-order valence-electron chi connectivity index (χ2n) is 5.66. The molecule has 0 aromatic heterocycles. The minimum atomic E-state index is -0.227. The summed E-state index contributed by atoms with van der Waals surface area (Å²) in [5, 5.41) is 8.92. The van der Waals surface area contributed by atoms with Crippen molar-refractivity contribution in [3.05, 3.63) is 29.8 Å². The summed E-state index contributed by atoms with van der Waals surface area (Å²) < 4.78 is 5.71. The molecule has 3 heteroatoms. The molecule has 0 aliphatic heterocycles. The second-order valence-corrected chi connectivity index (χ2v) is 5.66. The predicted octanol–water partition coefficient (Wildman–Crippen LogP) is 3.81. The lowest BCUT2D eigenvalue weighted by Crippen LogP contribution is -2.08. The largest absolute Gasteiger partial charge is 0.494 e. The zero-order chi connectivity index (χ0) is 14.3. The zero-order valence-electron chi connectivity index (χ0n) is 12.1. The Morgan fingerprint density at radius 1 is 1.37 bits per heavy atom. The molecule has 0 saturated carbocycles. The number of unbranched alkanes of at least 4 members (excludes halogenated alkanes) is 1. The van der Waals surface area contributed by atoms with E-state index in [9.17, 15) is 0 Å². The van der Waals surface area contributed by atoms with E-state index in [4.69, 9.17) is 15.7 Å². The molecule has 0 saturated heterocycles. The van der Waals surface area contributed by atoms with E-state index in [2.05, 4.69) is 6.07 Å². The number of hydrogen-bond acceptors (Lipinski definition) is 3. The molecule has 0 bridgehead atoms. The number of hydrogen-bond donors (Lipinski definition) is 1. The van der Waals surface area contributed by atoms with Crippen LogP contribution in [0.2, 0.25) is 0 Å². The Labute approximate surface area is 116 Å². The highest BCUT2D eigenvalue weighted by molar-refractivity contribution is 5.30. The van der Waals surface area contributed by atoms with Crippen molar-refractivity contribution in [2.24, 2.45) is 11.1 Å². The van der Waals surface area contributed by atoms with Crippen molar-refractivity contribution in [2.75, 3.05) is 6.61 Å². The van der Waals surface area contributed by atoms with Gasteiger partial charge < -0.3 is 10.5 Å². The highest BCUT2D eigenvalue weighted by Gasteiger charge is 2.15. The van der Waals surface area contributed by atoms with E-state index in [0.717, 1.165) is 30.6 Å². The van der Waals surface area contributed by atoms with Gasteiger partial charge in [-0.2, -0.15) is 5.26 Å². The maximum atomic E-state index is 8.92. The molecule has 104 valence electrons. The van der Waals surface area contributed by atoms with Crippen LogP contribution >= 0.6 is 0 Å². The molecular weight excluding hydrogens is 236 g/mol. The smallest absolute Gasteiger partial charge is 0.119 e. The molecule has 0 amide bonds. The Morgan fingerprint density at radius 2 is 2.11 bits per heavy atom. The van der Waals surface area contributed by atoms with Gasteiger partial charge in [-0.15, -0.1) is 0 Å². The maximum absolute atomic E-state index is 8.92. The number of ether oxygens (including phenoxy) is 1. The van der Waals surface area contributed by atoms with Crippen LogP contribution in [0.15, 0.2) is 24.3 Å². The molecular formula is C16H24N2O. The normalized spacial score (nSPS) is 12.8. The van der Waals surface area contributed by atoms with Crippen molar-refractivity contribution >= 4 is 0 Å². The summed E-state index contributed by atoms with van der Waals surface area (Å²) in [6.45, 7) is 6.59. The average Bonchev–Trinajstić information content (AvgIpc) is 2.38. The molecule has 2 N–H and O–H groups in total. The zero-order valence-corrected chi connectivity index (χ0v) is 12.1. The highest BCUT2D eigenvalue weighted by atomic mass is 16.5. The first kappa shape index (κ1) is 15.5. The predicted molar refractivity (Wildman–Crippen MR) is 77.8 cm³/mol. The summed E-state index contributed by atoms with van der Waals surface area (Å²) in [6, 6.07) is 10.3. The Kier molecular flexibility index (Phi) is 5.85. The Bertz CT molecular complexity index is 433. The highest BCUT2D eigenvalue weighted by Crippen LogP contribution is 2.22. The van der Waals surface area contributed by atoms with Crippen LogP contribution in [0, 0.1) is 16.7 Å². The van der Waals surface area contributed by atoms with Crippen LogP contribution in [0.1, 0.15) is 51.6 Å². The third-order valence-corrected chi connectivity index (χ3v) is 3.15. The molecule has 1 aromatic rings. The van der Waals surface area contributed by atoms with Crippen LogP contribution in [0.25, 0.3) is 0 Å². The minimum Gasteiger partial charge on any atom is -0.494 e. The molecule has 0 heterocycles. The monoisotopic (exact) mass is 260 g/mol. The maximum Gasteiger partial charge on any atom is 0.119 e. The van der Waals surface area contributed by atoms with Gasteiger partial charge in [0, 0.05) is 6.04 Å². The van der Waals surface area contributed by atoms with Gasteiger partial charge in [0.1, 0.15) is 5.75 Å². The molecule has 0 aliphatic carbocycles. The number of nitrogens with zero attached hydrogens (tertiary/aromatic N) is 1.